The second kappa shape index (κ2) is 6.54. The van der Waals surface area contributed by atoms with E-state index in [2.05, 4.69) is 57.2 Å². The minimum Gasteiger partial charge on any atom is -0.296 e. The van der Waals surface area contributed by atoms with E-state index in [0.29, 0.717) is 11.6 Å². The third-order valence-corrected chi connectivity index (χ3v) is 5.65. The molecule has 0 atom stereocenters. The number of fused-ring (bicyclic) bond motifs is 1. The molecule has 4 rings (SSSR count). The van der Waals surface area contributed by atoms with Gasteiger partial charge in [-0.15, -0.1) is 11.3 Å². The molecule has 0 aliphatic rings. The molecule has 2 aromatic carbocycles. The van der Waals surface area contributed by atoms with E-state index in [1.807, 2.05) is 22.6 Å². The summed E-state index contributed by atoms with van der Waals surface area (Å²) < 4.78 is 1.99. The standard InChI is InChI=1S/C22H20N2OS/c1-14(2)16-9-11-17(12-10-16)20-19(13-25)24-21(15(3)26-22(24)23-20)18-7-5-4-6-8-18/h4-14H,1-3H3. The SMILES string of the molecule is Cc1sc2nc(-c3ccc(C(C)C)cc3)c(C=O)n2c1-c1ccccc1. The van der Waals surface area contributed by atoms with Crippen molar-refractivity contribution in [3.05, 3.63) is 70.7 Å². The smallest absolute Gasteiger partial charge is 0.195 e. The summed E-state index contributed by atoms with van der Waals surface area (Å²) in [4.78, 5) is 18.8. The van der Waals surface area contributed by atoms with Crippen LogP contribution in [0, 0.1) is 6.92 Å². The van der Waals surface area contributed by atoms with Gasteiger partial charge < -0.3 is 0 Å². The normalized spacial score (nSPS) is 11.4. The zero-order valence-corrected chi connectivity index (χ0v) is 15.9. The summed E-state index contributed by atoms with van der Waals surface area (Å²) in [5.41, 5.74) is 5.76. The van der Waals surface area contributed by atoms with E-state index >= 15 is 0 Å². The largest absolute Gasteiger partial charge is 0.296 e. The van der Waals surface area contributed by atoms with E-state index in [1.165, 1.54) is 5.56 Å². The van der Waals surface area contributed by atoms with Crippen LogP contribution in [0.25, 0.3) is 27.5 Å². The number of nitrogens with zero attached hydrogens (tertiary/aromatic N) is 2. The van der Waals surface area contributed by atoms with Gasteiger partial charge in [-0.3, -0.25) is 9.20 Å². The number of aryl methyl sites for hydroxylation is 1. The summed E-state index contributed by atoms with van der Waals surface area (Å²) in [5, 5.41) is 0. The number of imidazole rings is 1. The van der Waals surface area contributed by atoms with Gasteiger partial charge in [-0.1, -0.05) is 68.4 Å². The van der Waals surface area contributed by atoms with E-state index in [4.69, 9.17) is 4.98 Å². The first-order valence-electron chi connectivity index (χ1n) is 8.73. The maximum atomic E-state index is 12.0. The summed E-state index contributed by atoms with van der Waals surface area (Å²) in [6, 6.07) is 18.5. The average molecular weight is 360 g/mol. The van der Waals surface area contributed by atoms with E-state index < -0.39 is 0 Å². The van der Waals surface area contributed by atoms with Crippen LogP contribution in [0.4, 0.5) is 0 Å². The van der Waals surface area contributed by atoms with Crippen molar-refractivity contribution in [2.24, 2.45) is 0 Å². The molecule has 0 amide bonds. The zero-order chi connectivity index (χ0) is 18.3. The van der Waals surface area contributed by atoms with E-state index in [-0.39, 0.29) is 0 Å². The molecule has 4 aromatic rings. The number of aldehydes is 1. The van der Waals surface area contributed by atoms with Crippen molar-refractivity contribution in [1.29, 1.82) is 0 Å². The maximum absolute atomic E-state index is 12.0. The topological polar surface area (TPSA) is 34.4 Å². The van der Waals surface area contributed by atoms with Gasteiger partial charge in [0.25, 0.3) is 0 Å². The monoisotopic (exact) mass is 360 g/mol. The van der Waals surface area contributed by atoms with Gasteiger partial charge in [-0.05, 0) is 24.0 Å². The van der Waals surface area contributed by atoms with Gasteiger partial charge in [-0.25, -0.2) is 4.98 Å². The van der Waals surface area contributed by atoms with Gasteiger partial charge in [-0.2, -0.15) is 0 Å². The van der Waals surface area contributed by atoms with Crippen LogP contribution >= 0.6 is 11.3 Å². The Balaban J connectivity index is 1.93. The van der Waals surface area contributed by atoms with Crippen LogP contribution in [-0.2, 0) is 0 Å². The highest BCUT2D eigenvalue weighted by molar-refractivity contribution is 7.17. The highest BCUT2D eigenvalue weighted by atomic mass is 32.1. The summed E-state index contributed by atoms with van der Waals surface area (Å²) in [6.07, 6.45) is 0.921. The summed E-state index contributed by atoms with van der Waals surface area (Å²) in [5.74, 6) is 0.479. The lowest BCUT2D eigenvalue weighted by atomic mass is 10.0. The average Bonchev–Trinajstić information content (AvgIpc) is 3.16. The molecule has 0 saturated heterocycles. The number of rotatable bonds is 4. The van der Waals surface area contributed by atoms with Crippen molar-refractivity contribution < 1.29 is 4.79 Å². The van der Waals surface area contributed by atoms with E-state index in [1.54, 1.807) is 11.3 Å². The van der Waals surface area contributed by atoms with Gasteiger partial charge in [0.2, 0.25) is 0 Å². The van der Waals surface area contributed by atoms with Gasteiger partial charge in [0.05, 0.1) is 5.69 Å². The van der Waals surface area contributed by atoms with Gasteiger partial charge >= 0.3 is 0 Å². The molecule has 0 N–H and O–H groups in total. The molecular weight excluding hydrogens is 340 g/mol. The molecule has 130 valence electrons. The maximum Gasteiger partial charge on any atom is 0.195 e. The molecule has 2 heterocycles. The van der Waals surface area contributed by atoms with E-state index in [9.17, 15) is 4.79 Å². The third kappa shape index (κ3) is 2.67. The Morgan fingerprint density at radius 1 is 1.00 bits per heavy atom. The Morgan fingerprint density at radius 3 is 2.31 bits per heavy atom. The predicted octanol–water partition coefficient (Wildman–Crippen LogP) is 5.97. The van der Waals surface area contributed by atoms with Gasteiger partial charge in [0.1, 0.15) is 11.4 Å². The van der Waals surface area contributed by atoms with Crippen LogP contribution in [0.5, 0.6) is 0 Å². The number of hydrogen-bond donors (Lipinski definition) is 0. The molecule has 3 nitrogen and oxygen atoms in total. The quantitative estimate of drug-likeness (QED) is 0.420. The van der Waals surface area contributed by atoms with Crippen LogP contribution in [0.2, 0.25) is 0 Å². The Bertz CT molecular complexity index is 1070. The molecule has 0 aliphatic carbocycles. The molecule has 0 aliphatic heterocycles. The number of hydrogen-bond acceptors (Lipinski definition) is 3. The fraction of sp³-hybridized carbons (Fsp3) is 0.182. The first-order chi connectivity index (χ1) is 12.6. The van der Waals surface area contributed by atoms with Crippen molar-refractivity contribution in [1.82, 2.24) is 9.38 Å². The van der Waals surface area contributed by atoms with Crippen LogP contribution in [0.15, 0.2) is 54.6 Å². The highest BCUT2D eigenvalue weighted by Crippen LogP contribution is 2.35. The number of carbonyl (C=O) groups excluding carboxylic acids is 1. The Labute approximate surface area is 157 Å². The molecule has 0 unspecified atom stereocenters. The molecule has 0 fully saturated rings. The Hall–Kier alpha value is -2.72. The van der Waals surface area contributed by atoms with Crippen molar-refractivity contribution in [3.63, 3.8) is 0 Å². The van der Waals surface area contributed by atoms with Crippen LogP contribution < -0.4 is 0 Å². The van der Waals surface area contributed by atoms with Crippen molar-refractivity contribution in [2.75, 3.05) is 0 Å². The number of benzene rings is 2. The Morgan fingerprint density at radius 2 is 1.69 bits per heavy atom. The molecule has 0 bridgehead atoms. The number of thiazole rings is 1. The Kier molecular flexibility index (Phi) is 4.21. The minimum absolute atomic E-state index is 0.479. The van der Waals surface area contributed by atoms with E-state index in [0.717, 1.165) is 38.6 Å². The molecule has 4 heteroatoms. The van der Waals surface area contributed by atoms with Crippen LogP contribution in [-0.4, -0.2) is 15.7 Å². The number of carbonyl (C=O) groups is 1. The lowest BCUT2D eigenvalue weighted by molar-refractivity contribution is 0.111. The van der Waals surface area contributed by atoms with Crippen molar-refractivity contribution in [3.8, 4) is 22.5 Å². The molecule has 0 spiro atoms. The zero-order valence-electron chi connectivity index (χ0n) is 15.1. The van der Waals surface area contributed by atoms with Gasteiger partial charge in [0, 0.05) is 10.4 Å². The molecule has 2 aromatic heterocycles. The summed E-state index contributed by atoms with van der Waals surface area (Å²) in [7, 11) is 0. The molecule has 0 radical (unpaired) electrons. The number of aromatic nitrogens is 2. The second-order valence-electron chi connectivity index (χ2n) is 6.73. The highest BCUT2D eigenvalue weighted by Gasteiger charge is 2.20. The van der Waals surface area contributed by atoms with Crippen LogP contribution in [0.1, 0.15) is 40.7 Å². The molecule has 0 saturated carbocycles. The lowest BCUT2D eigenvalue weighted by Gasteiger charge is -2.07. The second-order valence-corrected chi connectivity index (χ2v) is 7.91. The van der Waals surface area contributed by atoms with Crippen LogP contribution in [0.3, 0.4) is 0 Å². The first kappa shape index (κ1) is 16.7. The van der Waals surface area contributed by atoms with Gasteiger partial charge in [0.15, 0.2) is 11.2 Å². The lowest BCUT2D eigenvalue weighted by Crippen LogP contribution is -1.95. The van der Waals surface area contributed by atoms with Crippen molar-refractivity contribution >= 4 is 22.6 Å². The first-order valence-corrected chi connectivity index (χ1v) is 9.54. The third-order valence-electron chi connectivity index (χ3n) is 4.69. The minimum atomic E-state index is 0.479. The summed E-state index contributed by atoms with van der Waals surface area (Å²) in [6.45, 7) is 6.42. The fourth-order valence-corrected chi connectivity index (χ4v) is 4.31. The summed E-state index contributed by atoms with van der Waals surface area (Å²) >= 11 is 1.62. The molecular formula is C22H20N2OS. The fourth-order valence-electron chi connectivity index (χ4n) is 3.31. The predicted molar refractivity (Wildman–Crippen MR) is 108 cm³/mol. The molecule has 26 heavy (non-hydrogen) atoms. The van der Waals surface area contributed by atoms with Crippen molar-refractivity contribution in [2.45, 2.75) is 26.7 Å².